The second-order valence-electron chi connectivity index (χ2n) is 8.31. The standard InChI is InChI=1S/C26H31N5O3/c1-18-16-19(2)28-25-24(18)26(30-13-5-6-14-30)29-31(25)15-7-8-23(32)27-12-11-20-9-10-21(33-3)22(17-20)34-4/h5-6,9-10,13-14,16-17H,7-8,11-12,15H2,1-4H3,(H,27,32). The summed E-state index contributed by atoms with van der Waals surface area (Å²) in [5, 5.41) is 8.87. The van der Waals surface area contributed by atoms with Crippen LogP contribution in [0.1, 0.15) is 29.7 Å². The quantitative estimate of drug-likeness (QED) is 0.386. The number of aromatic nitrogens is 4. The molecule has 0 aliphatic carbocycles. The normalized spacial score (nSPS) is 11.1. The van der Waals surface area contributed by atoms with Crippen molar-refractivity contribution in [3.8, 4) is 17.3 Å². The SMILES string of the molecule is COc1ccc(CCNC(=O)CCCn2nc(-n3cccc3)c3c(C)cc(C)nc32)cc1OC. The summed E-state index contributed by atoms with van der Waals surface area (Å²) in [5.41, 5.74) is 4.04. The van der Waals surface area contributed by atoms with E-state index < -0.39 is 0 Å². The van der Waals surface area contributed by atoms with Gasteiger partial charge in [0.05, 0.1) is 19.6 Å². The Morgan fingerprint density at radius 1 is 1.06 bits per heavy atom. The molecule has 1 amide bonds. The van der Waals surface area contributed by atoms with Crippen LogP contribution in [0, 0.1) is 13.8 Å². The molecule has 1 N–H and O–H groups in total. The van der Waals surface area contributed by atoms with Gasteiger partial charge in [0.25, 0.3) is 0 Å². The van der Waals surface area contributed by atoms with E-state index in [4.69, 9.17) is 19.6 Å². The lowest BCUT2D eigenvalue weighted by molar-refractivity contribution is -0.121. The van der Waals surface area contributed by atoms with Gasteiger partial charge in [-0.1, -0.05) is 6.07 Å². The highest BCUT2D eigenvalue weighted by Gasteiger charge is 2.16. The van der Waals surface area contributed by atoms with Crippen LogP contribution in [0.4, 0.5) is 0 Å². The second-order valence-corrected chi connectivity index (χ2v) is 8.31. The number of amides is 1. The molecule has 0 unspecified atom stereocenters. The summed E-state index contributed by atoms with van der Waals surface area (Å²) in [5.74, 6) is 2.28. The van der Waals surface area contributed by atoms with Crippen LogP contribution in [-0.2, 0) is 17.8 Å². The molecule has 0 aliphatic rings. The zero-order chi connectivity index (χ0) is 24.1. The number of carbonyl (C=O) groups excluding carboxylic acids is 1. The molecule has 0 saturated carbocycles. The maximum atomic E-state index is 12.4. The first-order valence-corrected chi connectivity index (χ1v) is 11.5. The molecule has 0 radical (unpaired) electrons. The number of pyridine rings is 1. The maximum Gasteiger partial charge on any atom is 0.220 e. The van der Waals surface area contributed by atoms with Crippen LogP contribution >= 0.6 is 0 Å². The van der Waals surface area contributed by atoms with Gasteiger partial charge in [0, 0.05) is 37.6 Å². The van der Waals surface area contributed by atoms with Crippen LogP contribution < -0.4 is 14.8 Å². The number of hydrogen-bond acceptors (Lipinski definition) is 5. The van der Waals surface area contributed by atoms with Crippen molar-refractivity contribution in [2.24, 2.45) is 0 Å². The lowest BCUT2D eigenvalue weighted by Crippen LogP contribution is -2.25. The number of hydrogen-bond donors (Lipinski definition) is 1. The molecule has 4 aromatic rings. The topological polar surface area (TPSA) is 83.2 Å². The Labute approximate surface area is 199 Å². The van der Waals surface area contributed by atoms with Gasteiger partial charge < -0.3 is 19.4 Å². The Bertz CT molecular complexity index is 1280. The summed E-state index contributed by atoms with van der Waals surface area (Å²) in [6.45, 7) is 5.26. The van der Waals surface area contributed by atoms with E-state index in [9.17, 15) is 4.79 Å². The summed E-state index contributed by atoms with van der Waals surface area (Å²) in [6.07, 6.45) is 5.79. The van der Waals surface area contributed by atoms with Gasteiger partial charge in [-0.2, -0.15) is 5.10 Å². The molecule has 3 heterocycles. The molecular weight excluding hydrogens is 430 g/mol. The Morgan fingerprint density at radius 3 is 2.56 bits per heavy atom. The lowest BCUT2D eigenvalue weighted by atomic mass is 10.1. The third-order valence-corrected chi connectivity index (χ3v) is 5.82. The van der Waals surface area contributed by atoms with E-state index >= 15 is 0 Å². The molecule has 0 saturated heterocycles. The molecule has 178 valence electrons. The fourth-order valence-electron chi connectivity index (χ4n) is 4.16. The maximum absolute atomic E-state index is 12.4. The molecule has 4 rings (SSSR count). The monoisotopic (exact) mass is 461 g/mol. The zero-order valence-electron chi connectivity index (χ0n) is 20.2. The first kappa shape index (κ1) is 23.4. The van der Waals surface area contributed by atoms with Crippen molar-refractivity contribution in [1.29, 1.82) is 0 Å². The first-order chi connectivity index (χ1) is 16.5. The van der Waals surface area contributed by atoms with Gasteiger partial charge in [-0.25, -0.2) is 9.67 Å². The number of nitrogens with one attached hydrogen (secondary N) is 1. The van der Waals surface area contributed by atoms with Gasteiger partial charge >= 0.3 is 0 Å². The molecule has 0 spiro atoms. The number of ether oxygens (including phenoxy) is 2. The van der Waals surface area contributed by atoms with Crippen LogP contribution in [0.2, 0.25) is 0 Å². The van der Waals surface area contributed by atoms with E-state index in [0.717, 1.165) is 40.1 Å². The Morgan fingerprint density at radius 2 is 1.82 bits per heavy atom. The third kappa shape index (κ3) is 5.06. The average Bonchev–Trinajstić information content (AvgIpc) is 3.47. The first-order valence-electron chi connectivity index (χ1n) is 11.5. The molecule has 34 heavy (non-hydrogen) atoms. The van der Waals surface area contributed by atoms with Crippen LogP contribution in [0.15, 0.2) is 48.8 Å². The largest absolute Gasteiger partial charge is 0.493 e. The fourth-order valence-corrected chi connectivity index (χ4v) is 4.16. The summed E-state index contributed by atoms with van der Waals surface area (Å²) >= 11 is 0. The van der Waals surface area contributed by atoms with E-state index in [1.54, 1.807) is 14.2 Å². The minimum atomic E-state index is 0.0305. The minimum absolute atomic E-state index is 0.0305. The van der Waals surface area contributed by atoms with E-state index in [2.05, 4.69) is 18.3 Å². The van der Waals surface area contributed by atoms with Crippen molar-refractivity contribution < 1.29 is 14.3 Å². The number of methoxy groups -OCH3 is 2. The highest BCUT2D eigenvalue weighted by atomic mass is 16.5. The number of aryl methyl sites for hydroxylation is 3. The van der Waals surface area contributed by atoms with Crippen molar-refractivity contribution >= 4 is 16.9 Å². The molecule has 0 fully saturated rings. The fraction of sp³-hybridized carbons (Fsp3) is 0.346. The van der Waals surface area contributed by atoms with E-state index in [1.165, 1.54) is 0 Å². The van der Waals surface area contributed by atoms with E-state index in [-0.39, 0.29) is 5.91 Å². The average molecular weight is 462 g/mol. The number of rotatable bonds is 10. The summed E-state index contributed by atoms with van der Waals surface area (Å²) in [6, 6.07) is 11.8. The predicted molar refractivity (Wildman–Crippen MR) is 132 cm³/mol. The molecule has 1 aromatic carbocycles. The molecular formula is C26H31N5O3. The smallest absolute Gasteiger partial charge is 0.220 e. The van der Waals surface area contributed by atoms with Crippen LogP contribution in [-0.4, -0.2) is 46.0 Å². The van der Waals surface area contributed by atoms with Gasteiger partial charge in [-0.3, -0.25) is 4.79 Å². The van der Waals surface area contributed by atoms with Crippen LogP contribution in [0.5, 0.6) is 11.5 Å². The van der Waals surface area contributed by atoms with Crippen molar-refractivity contribution in [2.75, 3.05) is 20.8 Å². The molecule has 0 atom stereocenters. The van der Waals surface area contributed by atoms with Gasteiger partial charge in [0.1, 0.15) is 0 Å². The molecule has 0 bridgehead atoms. The van der Waals surface area contributed by atoms with Crippen molar-refractivity contribution in [2.45, 2.75) is 39.7 Å². The minimum Gasteiger partial charge on any atom is -0.493 e. The van der Waals surface area contributed by atoms with Crippen molar-refractivity contribution in [1.82, 2.24) is 24.6 Å². The van der Waals surface area contributed by atoms with Gasteiger partial charge in [-0.15, -0.1) is 0 Å². The second kappa shape index (κ2) is 10.4. The highest BCUT2D eigenvalue weighted by Crippen LogP contribution is 2.28. The summed E-state index contributed by atoms with van der Waals surface area (Å²) in [4.78, 5) is 17.1. The van der Waals surface area contributed by atoms with Gasteiger partial charge in [0.15, 0.2) is 23.0 Å². The number of carbonyl (C=O) groups is 1. The zero-order valence-corrected chi connectivity index (χ0v) is 20.2. The van der Waals surface area contributed by atoms with E-state index in [0.29, 0.717) is 37.4 Å². The number of benzene rings is 1. The molecule has 0 aliphatic heterocycles. The Kier molecular flexibility index (Phi) is 7.15. The molecule has 8 nitrogen and oxygen atoms in total. The van der Waals surface area contributed by atoms with Crippen LogP contribution in [0.25, 0.3) is 16.9 Å². The van der Waals surface area contributed by atoms with E-state index in [1.807, 2.05) is 58.9 Å². The molecule has 3 aromatic heterocycles. The predicted octanol–water partition coefficient (Wildman–Crippen LogP) is 4.00. The highest BCUT2D eigenvalue weighted by molar-refractivity contribution is 5.87. The lowest BCUT2D eigenvalue weighted by Gasteiger charge is -2.10. The number of fused-ring (bicyclic) bond motifs is 1. The van der Waals surface area contributed by atoms with Crippen molar-refractivity contribution in [3.05, 3.63) is 65.6 Å². The molecule has 8 heteroatoms. The third-order valence-electron chi connectivity index (χ3n) is 5.82. The van der Waals surface area contributed by atoms with Gasteiger partial charge in [0.2, 0.25) is 5.91 Å². The summed E-state index contributed by atoms with van der Waals surface area (Å²) in [7, 11) is 3.23. The summed E-state index contributed by atoms with van der Waals surface area (Å²) < 4.78 is 14.5. The Hall–Kier alpha value is -3.81. The van der Waals surface area contributed by atoms with Gasteiger partial charge in [-0.05, 0) is 68.1 Å². The van der Waals surface area contributed by atoms with Crippen LogP contribution in [0.3, 0.4) is 0 Å². The Balaban J connectivity index is 1.34. The number of nitrogens with zero attached hydrogens (tertiary/aromatic N) is 4. The van der Waals surface area contributed by atoms with Crippen molar-refractivity contribution in [3.63, 3.8) is 0 Å².